The second-order valence-electron chi connectivity index (χ2n) is 6.72. The summed E-state index contributed by atoms with van der Waals surface area (Å²) >= 11 is 0. The van der Waals surface area contributed by atoms with Crippen LogP contribution in [-0.4, -0.2) is 24.5 Å². The number of alkyl carbamates (subject to hydrolysis) is 1. The van der Waals surface area contributed by atoms with Gasteiger partial charge in [0.2, 0.25) is 0 Å². The lowest BCUT2D eigenvalue weighted by molar-refractivity contribution is 0.112. The van der Waals surface area contributed by atoms with Gasteiger partial charge in [-0.3, -0.25) is 9.78 Å². The van der Waals surface area contributed by atoms with Crippen LogP contribution in [0.15, 0.2) is 67.0 Å². The Bertz CT molecular complexity index is 1160. The number of amides is 1. The van der Waals surface area contributed by atoms with E-state index in [2.05, 4.69) is 22.1 Å². The Balaban J connectivity index is 1.63. The molecule has 148 valence electrons. The first kappa shape index (κ1) is 19.2. The van der Waals surface area contributed by atoms with Crippen LogP contribution in [0.1, 0.15) is 44.8 Å². The van der Waals surface area contributed by atoms with Crippen LogP contribution in [0, 0.1) is 11.8 Å². The highest BCUT2D eigenvalue weighted by atomic mass is 16.6. The molecular weight excluding hydrogens is 380 g/mol. The quantitative estimate of drug-likeness (QED) is 0.534. The van der Waals surface area contributed by atoms with Gasteiger partial charge in [0.15, 0.2) is 12.4 Å². The third-order valence-electron chi connectivity index (χ3n) is 4.72. The molecule has 3 aromatic rings. The molecule has 6 heteroatoms. The first-order valence-corrected chi connectivity index (χ1v) is 9.29. The number of aldehydes is 1. The smallest absolute Gasteiger partial charge is 0.408 e. The summed E-state index contributed by atoms with van der Waals surface area (Å²) in [6.07, 6.45) is 2.87. The van der Waals surface area contributed by atoms with Gasteiger partial charge in [0.1, 0.15) is 5.75 Å². The molecule has 0 radical (unpaired) electrons. The van der Waals surface area contributed by atoms with Crippen molar-refractivity contribution in [1.82, 2.24) is 10.3 Å². The lowest BCUT2D eigenvalue weighted by Crippen LogP contribution is -2.19. The van der Waals surface area contributed by atoms with E-state index in [-0.39, 0.29) is 6.04 Å². The van der Waals surface area contributed by atoms with Gasteiger partial charge in [-0.1, -0.05) is 36.1 Å². The van der Waals surface area contributed by atoms with Crippen LogP contribution in [0.25, 0.3) is 0 Å². The first-order valence-electron chi connectivity index (χ1n) is 9.29. The molecule has 1 amide bonds. The van der Waals surface area contributed by atoms with Crippen LogP contribution in [-0.2, 0) is 4.74 Å². The van der Waals surface area contributed by atoms with Crippen molar-refractivity contribution in [3.63, 3.8) is 0 Å². The van der Waals surface area contributed by atoms with Gasteiger partial charge in [-0.15, -0.1) is 0 Å². The Labute approximate surface area is 173 Å². The van der Waals surface area contributed by atoms with Crippen molar-refractivity contribution < 1.29 is 19.1 Å². The third kappa shape index (κ3) is 4.15. The molecule has 0 unspecified atom stereocenters. The Kier molecular flexibility index (Phi) is 5.44. The molecule has 0 bridgehead atoms. The van der Waals surface area contributed by atoms with Gasteiger partial charge in [0, 0.05) is 29.1 Å². The number of nitrogens with zero attached hydrogens (tertiary/aromatic N) is 1. The molecular formula is C24H18N2O4. The van der Waals surface area contributed by atoms with Gasteiger partial charge in [0.25, 0.3) is 0 Å². The maximum atomic E-state index is 12.0. The molecule has 0 saturated carbocycles. The highest BCUT2D eigenvalue weighted by Gasteiger charge is 2.36. The van der Waals surface area contributed by atoms with E-state index < -0.39 is 12.2 Å². The van der Waals surface area contributed by atoms with E-state index in [1.165, 1.54) is 6.20 Å². The highest BCUT2D eigenvalue weighted by Crippen LogP contribution is 2.37. The number of benzene rings is 2. The van der Waals surface area contributed by atoms with Crippen molar-refractivity contribution in [2.45, 2.75) is 12.1 Å². The minimum absolute atomic E-state index is 0.355. The van der Waals surface area contributed by atoms with Crippen molar-refractivity contribution in [2.24, 2.45) is 0 Å². The van der Waals surface area contributed by atoms with E-state index >= 15 is 0 Å². The number of carbonyl (C=O) groups excluding carboxylic acids is 2. The number of carbonyl (C=O) groups is 2. The number of nitrogens with one attached hydrogen (secondary N) is 1. The van der Waals surface area contributed by atoms with E-state index in [0.29, 0.717) is 16.9 Å². The number of pyridine rings is 1. The van der Waals surface area contributed by atoms with Crippen LogP contribution in [0.5, 0.6) is 5.75 Å². The average molecular weight is 398 g/mol. The van der Waals surface area contributed by atoms with Crippen molar-refractivity contribution in [3.8, 4) is 17.6 Å². The maximum Gasteiger partial charge on any atom is 0.408 e. The third-order valence-corrected chi connectivity index (χ3v) is 4.72. The lowest BCUT2D eigenvalue weighted by atomic mass is 9.95. The molecule has 1 saturated heterocycles. The molecule has 4 rings (SSSR count). The predicted molar refractivity (Wildman–Crippen MR) is 110 cm³/mol. The minimum Gasteiger partial charge on any atom is -0.497 e. The molecule has 1 aliphatic heterocycles. The lowest BCUT2D eigenvalue weighted by Gasteiger charge is -2.18. The molecule has 1 fully saturated rings. The number of aromatic nitrogens is 1. The highest BCUT2D eigenvalue weighted by molar-refractivity contribution is 5.74. The number of hydrogen-bond donors (Lipinski definition) is 1. The second-order valence-corrected chi connectivity index (χ2v) is 6.72. The number of hydrogen-bond acceptors (Lipinski definition) is 5. The number of methoxy groups -OCH3 is 1. The zero-order valence-corrected chi connectivity index (χ0v) is 16.2. The van der Waals surface area contributed by atoms with Gasteiger partial charge in [-0.25, -0.2) is 4.79 Å². The monoisotopic (exact) mass is 398 g/mol. The molecule has 2 heterocycles. The SMILES string of the molecule is COc1cccc([C@H]2OC(=O)N[C@@H]2c2cccc(C#Cc3cncc(C=O)c3)c2)c1. The van der Waals surface area contributed by atoms with Gasteiger partial charge < -0.3 is 14.8 Å². The fraction of sp³-hybridized carbons (Fsp3) is 0.125. The predicted octanol–water partition coefficient (Wildman–Crippen LogP) is 3.82. The molecule has 30 heavy (non-hydrogen) atoms. The van der Waals surface area contributed by atoms with Crippen LogP contribution in [0.2, 0.25) is 0 Å². The van der Waals surface area contributed by atoms with E-state index in [4.69, 9.17) is 9.47 Å². The van der Waals surface area contributed by atoms with Crippen LogP contribution in [0.4, 0.5) is 4.79 Å². The van der Waals surface area contributed by atoms with Gasteiger partial charge >= 0.3 is 6.09 Å². The van der Waals surface area contributed by atoms with E-state index in [1.54, 1.807) is 19.4 Å². The van der Waals surface area contributed by atoms with E-state index in [9.17, 15) is 9.59 Å². The Morgan fingerprint density at radius 1 is 1.03 bits per heavy atom. The Hall–Kier alpha value is -4.11. The Morgan fingerprint density at radius 2 is 1.83 bits per heavy atom. The zero-order valence-electron chi connectivity index (χ0n) is 16.2. The molecule has 0 aliphatic carbocycles. The zero-order chi connectivity index (χ0) is 20.9. The summed E-state index contributed by atoms with van der Waals surface area (Å²) in [5.41, 5.74) is 3.61. The largest absolute Gasteiger partial charge is 0.497 e. The average Bonchev–Trinajstić information content (AvgIpc) is 3.20. The van der Waals surface area contributed by atoms with Crippen molar-refractivity contribution >= 4 is 12.4 Å². The van der Waals surface area contributed by atoms with Crippen LogP contribution < -0.4 is 10.1 Å². The van der Waals surface area contributed by atoms with Gasteiger partial charge in [0.05, 0.1) is 13.2 Å². The maximum absolute atomic E-state index is 12.0. The van der Waals surface area contributed by atoms with Crippen LogP contribution in [0.3, 0.4) is 0 Å². The molecule has 2 atom stereocenters. The summed E-state index contributed by atoms with van der Waals surface area (Å²) in [5, 5.41) is 2.87. The van der Waals surface area contributed by atoms with Crippen molar-refractivity contribution in [2.75, 3.05) is 7.11 Å². The number of cyclic esters (lactones) is 1. The number of ether oxygens (including phenoxy) is 2. The van der Waals surface area contributed by atoms with Crippen molar-refractivity contribution in [3.05, 3.63) is 94.8 Å². The summed E-state index contributed by atoms with van der Waals surface area (Å²) in [7, 11) is 1.60. The summed E-state index contributed by atoms with van der Waals surface area (Å²) in [6.45, 7) is 0. The molecule has 2 aromatic carbocycles. The summed E-state index contributed by atoms with van der Waals surface area (Å²) in [6, 6.07) is 16.4. The van der Waals surface area contributed by atoms with Crippen LogP contribution >= 0.6 is 0 Å². The second kappa shape index (κ2) is 8.50. The summed E-state index contributed by atoms with van der Waals surface area (Å²) in [4.78, 5) is 26.9. The van der Waals surface area contributed by atoms with Gasteiger partial charge in [-0.05, 0) is 41.5 Å². The summed E-state index contributed by atoms with van der Waals surface area (Å²) < 4.78 is 10.8. The number of rotatable bonds is 4. The van der Waals surface area contributed by atoms with E-state index in [1.807, 2.05) is 48.5 Å². The fourth-order valence-electron chi connectivity index (χ4n) is 3.30. The molecule has 1 N–H and O–H groups in total. The van der Waals surface area contributed by atoms with Gasteiger partial charge in [-0.2, -0.15) is 0 Å². The molecule has 0 spiro atoms. The summed E-state index contributed by atoms with van der Waals surface area (Å²) in [5.74, 6) is 6.79. The minimum atomic E-state index is -0.482. The van der Waals surface area contributed by atoms with E-state index in [0.717, 1.165) is 23.0 Å². The van der Waals surface area contributed by atoms with Crippen molar-refractivity contribution in [1.29, 1.82) is 0 Å². The first-order chi connectivity index (χ1) is 14.7. The Morgan fingerprint density at radius 3 is 2.67 bits per heavy atom. The molecule has 1 aromatic heterocycles. The fourth-order valence-corrected chi connectivity index (χ4v) is 3.30. The molecule has 6 nitrogen and oxygen atoms in total. The normalized spacial score (nSPS) is 17.3. The topological polar surface area (TPSA) is 77.5 Å². The molecule has 1 aliphatic rings. The standard InChI is InChI=1S/C24H18N2O4/c1-29-21-7-3-6-20(12-21)23-22(26-24(28)30-23)19-5-2-4-16(11-19)8-9-17-10-18(15-27)14-25-13-17/h2-7,10-15,22-23H,1H3,(H,26,28)/t22-,23-/m1/s1.